The van der Waals surface area contributed by atoms with E-state index in [1.807, 2.05) is 11.8 Å². The number of anilines is 1. The predicted molar refractivity (Wildman–Crippen MR) is 118 cm³/mol. The number of nitriles is 1. The first kappa shape index (κ1) is 24.0. The van der Waals surface area contributed by atoms with Crippen molar-refractivity contribution in [2.45, 2.75) is 19.5 Å². The second kappa shape index (κ2) is 9.26. The highest BCUT2D eigenvalue weighted by Crippen LogP contribution is 2.45. The van der Waals surface area contributed by atoms with E-state index >= 15 is 0 Å². The zero-order valence-electron chi connectivity index (χ0n) is 18.7. The summed E-state index contributed by atoms with van der Waals surface area (Å²) in [6, 6.07) is 10.8. The summed E-state index contributed by atoms with van der Waals surface area (Å²) >= 11 is 0. The number of carbonyl (C=O) groups excluding carboxylic acids is 1. The fourth-order valence-electron chi connectivity index (χ4n) is 5.10. The Hall–Kier alpha value is -3.12. The van der Waals surface area contributed by atoms with Crippen molar-refractivity contribution in [3.8, 4) is 6.07 Å². The van der Waals surface area contributed by atoms with Gasteiger partial charge in [0, 0.05) is 49.5 Å². The first-order valence-corrected chi connectivity index (χ1v) is 11.2. The maximum Gasteiger partial charge on any atom is 0.417 e. The molecule has 2 heterocycles. The van der Waals surface area contributed by atoms with E-state index in [4.69, 9.17) is 10.00 Å². The molecule has 5 nitrogen and oxygen atoms in total. The molecule has 2 aromatic rings. The van der Waals surface area contributed by atoms with Crippen molar-refractivity contribution in [2.24, 2.45) is 11.3 Å². The number of nitrogens with zero attached hydrogens (tertiary/aromatic N) is 3. The first-order valence-electron chi connectivity index (χ1n) is 11.2. The third kappa shape index (κ3) is 4.60. The van der Waals surface area contributed by atoms with Gasteiger partial charge in [-0.05, 0) is 61.7 Å². The fourth-order valence-corrected chi connectivity index (χ4v) is 5.10. The Morgan fingerprint density at radius 1 is 1.21 bits per heavy atom. The molecule has 0 N–H and O–H groups in total. The van der Waals surface area contributed by atoms with Crippen LogP contribution < -0.4 is 4.90 Å². The molecule has 2 fully saturated rings. The van der Waals surface area contributed by atoms with Crippen molar-refractivity contribution in [1.29, 1.82) is 5.26 Å². The van der Waals surface area contributed by atoms with E-state index < -0.39 is 28.5 Å². The van der Waals surface area contributed by atoms with Gasteiger partial charge in [0.15, 0.2) is 0 Å². The molecule has 34 heavy (non-hydrogen) atoms. The van der Waals surface area contributed by atoms with Crippen LogP contribution in [0, 0.1) is 28.5 Å². The molecule has 2 aliphatic rings. The highest BCUT2D eigenvalue weighted by molar-refractivity contribution is 5.94. The van der Waals surface area contributed by atoms with E-state index in [0.717, 1.165) is 6.07 Å². The molecular weight excluding hydrogens is 450 g/mol. The number of halogens is 4. The van der Waals surface area contributed by atoms with Crippen LogP contribution in [0.1, 0.15) is 34.8 Å². The molecule has 2 aliphatic heterocycles. The lowest BCUT2D eigenvalue weighted by molar-refractivity contribution is -0.137. The van der Waals surface area contributed by atoms with Crippen molar-refractivity contribution in [3.05, 3.63) is 65.0 Å². The van der Waals surface area contributed by atoms with Gasteiger partial charge in [-0.1, -0.05) is 0 Å². The number of hydrogen-bond donors (Lipinski definition) is 0. The highest BCUT2D eigenvalue weighted by atomic mass is 19.4. The Balaban J connectivity index is 1.61. The van der Waals surface area contributed by atoms with Gasteiger partial charge < -0.3 is 14.5 Å². The molecule has 0 aromatic heterocycles. The van der Waals surface area contributed by atoms with E-state index in [9.17, 15) is 22.4 Å². The molecule has 2 atom stereocenters. The highest BCUT2D eigenvalue weighted by Gasteiger charge is 2.51. The van der Waals surface area contributed by atoms with Crippen molar-refractivity contribution >= 4 is 11.6 Å². The summed E-state index contributed by atoms with van der Waals surface area (Å²) in [4.78, 5) is 16.7. The number of likely N-dealkylation sites (tertiary alicyclic amines) is 1. The maximum absolute atomic E-state index is 13.5. The minimum absolute atomic E-state index is 0.126. The molecule has 4 rings (SSSR count). The van der Waals surface area contributed by atoms with E-state index in [1.165, 1.54) is 30.3 Å². The van der Waals surface area contributed by atoms with Crippen LogP contribution >= 0.6 is 0 Å². The molecule has 0 spiro atoms. The number of fused-ring (bicyclic) bond motifs is 1. The molecule has 0 radical (unpaired) electrons. The number of ether oxygens (including phenoxy) is 1. The molecule has 1 amide bonds. The molecule has 9 heteroatoms. The molecule has 2 aromatic carbocycles. The summed E-state index contributed by atoms with van der Waals surface area (Å²) in [7, 11) is 0. The lowest BCUT2D eigenvalue weighted by atomic mass is 9.73. The lowest BCUT2D eigenvalue weighted by Crippen LogP contribution is -2.53. The van der Waals surface area contributed by atoms with Gasteiger partial charge >= 0.3 is 6.18 Å². The minimum Gasteiger partial charge on any atom is -0.381 e. The van der Waals surface area contributed by atoms with Gasteiger partial charge in [-0.2, -0.15) is 18.4 Å². The summed E-state index contributed by atoms with van der Waals surface area (Å²) in [5, 5.41) is 9.10. The Morgan fingerprint density at radius 3 is 2.59 bits per heavy atom. The van der Waals surface area contributed by atoms with Gasteiger partial charge in [0.25, 0.3) is 5.91 Å². The quantitative estimate of drug-likeness (QED) is 0.588. The van der Waals surface area contributed by atoms with Crippen molar-refractivity contribution < 1.29 is 27.1 Å². The number of rotatable bonds is 5. The Labute approximate surface area is 195 Å². The largest absolute Gasteiger partial charge is 0.417 e. The average Bonchev–Trinajstić information content (AvgIpc) is 3.21. The molecule has 0 bridgehead atoms. The zero-order chi connectivity index (χ0) is 24.5. The molecular formula is C25H25F4N3O2. The molecule has 2 unspecified atom stereocenters. The fraction of sp³-hybridized carbons (Fsp3) is 0.440. The first-order chi connectivity index (χ1) is 16.2. The van der Waals surface area contributed by atoms with Crippen LogP contribution in [0.25, 0.3) is 0 Å². The van der Waals surface area contributed by atoms with Gasteiger partial charge in [-0.3, -0.25) is 4.79 Å². The van der Waals surface area contributed by atoms with E-state index in [-0.39, 0.29) is 11.8 Å². The van der Waals surface area contributed by atoms with E-state index in [1.54, 1.807) is 17.0 Å². The summed E-state index contributed by atoms with van der Waals surface area (Å²) < 4.78 is 59.6. The topological polar surface area (TPSA) is 56.6 Å². The van der Waals surface area contributed by atoms with Crippen LogP contribution in [0.2, 0.25) is 0 Å². The van der Waals surface area contributed by atoms with Gasteiger partial charge in [-0.15, -0.1) is 0 Å². The molecule has 0 saturated carbocycles. The van der Waals surface area contributed by atoms with Crippen LogP contribution in [-0.2, 0) is 10.9 Å². The number of benzene rings is 2. The Morgan fingerprint density at radius 2 is 1.94 bits per heavy atom. The van der Waals surface area contributed by atoms with E-state index in [0.29, 0.717) is 57.1 Å². The zero-order valence-corrected chi connectivity index (χ0v) is 18.7. The van der Waals surface area contributed by atoms with Gasteiger partial charge in [0.05, 0.1) is 23.8 Å². The SMILES string of the molecule is CCOCC12CN(C(=O)c3ccc(F)cc3)CCC1CN(c1ccc(C#N)c(C(F)(F)F)c1)C2. The van der Waals surface area contributed by atoms with Gasteiger partial charge in [0.2, 0.25) is 0 Å². The second-order valence-electron chi connectivity index (χ2n) is 8.94. The van der Waals surface area contributed by atoms with Gasteiger partial charge in [0.1, 0.15) is 5.82 Å². The van der Waals surface area contributed by atoms with Crippen LogP contribution in [0.4, 0.5) is 23.2 Å². The normalized spacial score (nSPS) is 22.4. The minimum atomic E-state index is -4.63. The van der Waals surface area contributed by atoms with Crippen LogP contribution in [0.15, 0.2) is 42.5 Å². The summed E-state index contributed by atoms with van der Waals surface area (Å²) in [5.41, 5.74) is -1.02. The summed E-state index contributed by atoms with van der Waals surface area (Å²) in [5.74, 6) is -0.498. The third-order valence-electron chi connectivity index (χ3n) is 6.83. The molecule has 180 valence electrons. The monoisotopic (exact) mass is 475 g/mol. The lowest BCUT2D eigenvalue weighted by Gasteiger charge is -2.43. The molecule has 2 saturated heterocycles. The predicted octanol–water partition coefficient (Wildman–Crippen LogP) is 4.72. The average molecular weight is 475 g/mol. The number of amides is 1. The smallest absolute Gasteiger partial charge is 0.381 e. The van der Waals surface area contributed by atoms with Crippen molar-refractivity contribution in [1.82, 2.24) is 4.90 Å². The number of alkyl halides is 3. The van der Waals surface area contributed by atoms with Crippen molar-refractivity contribution in [3.63, 3.8) is 0 Å². The number of piperidine rings is 1. The maximum atomic E-state index is 13.5. The standard InChI is InChI=1S/C25H25F4N3O2/c1-2-34-16-24-14-31(23(33)17-3-6-20(26)7-4-17)10-9-19(24)13-32(15-24)21-8-5-18(12-30)22(11-21)25(27,28)29/h3-8,11,19H,2,9-10,13-16H2,1H3. The van der Waals surface area contributed by atoms with Gasteiger partial charge in [-0.25, -0.2) is 4.39 Å². The van der Waals surface area contributed by atoms with Crippen molar-refractivity contribution in [2.75, 3.05) is 44.3 Å². The summed E-state index contributed by atoms with van der Waals surface area (Å²) in [6.07, 6.45) is -3.95. The molecule has 0 aliphatic carbocycles. The second-order valence-corrected chi connectivity index (χ2v) is 8.94. The van der Waals surface area contributed by atoms with E-state index in [2.05, 4.69) is 0 Å². The van der Waals surface area contributed by atoms with Crippen LogP contribution in [-0.4, -0.2) is 50.2 Å². The summed E-state index contributed by atoms with van der Waals surface area (Å²) in [6.45, 7) is 4.59. The van der Waals surface area contributed by atoms with Crippen LogP contribution in [0.3, 0.4) is 0 Å². The Bertz CT molecular complexity index is 1100. The van der Waals surface area contributed by atoms with Crippen LogP contribution in [0.5, 0.6) is 0 Å². The Kier molecular flexibility index (Phi) is 6.54. The third-order valence-corrected chi connectivity index (χ3v) is 6.83. The number of carbonyl (C=O) groups is 1. The number of hydrogen-bond acceptors (Lipinski definition) is 4.